The van der Waals surface area contributed by atoms with Gasteiger partial charge < -0.3 is 10.1 Å². The maximum absolute atomic E-state index is 11.7. The molecule has 4 unspecified atom stereocenters. The van der Waals surface area contributed by atoms with Gasteiger partial charge in [-0.2, -0.15) is 0 Å². The molecule has 5 heteroatoms. The van der Waals surface area contributed by atoms with Crippen LogP contribution in [0.25, 0.3) is 0 Å². The van der Waals surface area contributed by atoms with Crippen LogP contribution in [0.5, 0.6) is 0 Å². The highest BCUT2D eigenvalue weighted by atomic mass is 32.2. The normalized spacial score (nSPS) is 39.6. The number of nitrogens with one attached hydrogen (secondary N) is 1. The molecule has 0 spiro atoms. The molecular formula is C13H25NO3S. The van der Waals surface area contributed by atoms with Crippen LogP contribution in [0.1, 0.15) is 39.5 Å². The van der Waals surface area contributed by atoms with Crippen molar-refractivity contribution in [3.05, 3.63) is 0 Å². The lowest BCUT2D eigenvalue weighted by Crippen LogP contribution is -2.63. The second-order valence-electron chi connectivity index (χ2n) is 6.41. The van der Waals surface area contributed by atoms with E-state index in [2.05, 4.69) is 19.2 Å². The summed E-state index contributed by atoms with van der Waals surface area (Å²) in [5, 5.41) is 3.37. The minimum absolute atomic E-state index is 0.0966. The second kappa shape index (κ2) is 4.76. The van der Waals surface area contributed by atoms with Crippen molar-refractivity contribution < 1.29 is 13.2 Å². The lowest BCUT2D eigenvalue weighted by molar-refractivity contribution is -0.0999. The van der Waals surface area contributed by atoms with Crippen LogP contribution < -0.4 is 5.32 Å². The van der Waals surface area contributed by atoms with Crippen molar-refractivity contribution in [2.24, 2.45) is 5.41 Å². The monoisotopic (exact) mass is 275 g/mol. The summed E-state index contributed by atoms with van der Waals surface area (Å²) < 4.78 is 28.9. The van der Waals surface area contributed by atoms with Gasteiger partial charge in [0.2, 0.25) is 0 Å². The molecule has 0 aromatic carbocycles. The molecule has 2 saturated carbocycles. The largest absolute Gasteiger partial charge is 0.381 e. The number of hydrogen-bond acceptors (Lipinski definition) is 4. The van der Waals surface area contributed by atoms with Crippen molar-refractivity contribution in [1.29, 1.82) is 0 Å². The standard InChI is InChI=1S/C13H25NO3S/c1-13(2)11(8-12(13)17-3)14-9-6-5-7-10(9)18(4,15)16/h9-12,14H,5-8H2,1-4H3. The molecule has 2 aliphatic rings. The molecular weight excluding hydrogens is 250 g/mol. The van der Waals surface area contributed by atoms with E-state index in [9.17, 15) is 8.42 Å². The van der Waals surface area contributed by atoms with Crippen LogP contribution in [-0.4, -0.2) is 45.2 Å². The molecule has 4 nitrogen and oxygen atoms in total. The molecule has 2 fully saturated rings. The van der Waals surface area contributed by atoms with Gasteiger partial charge in [0.1, 0.15) is 0 Å². The Kier molecular flexibility index (Phi) is 3.78. The molecule has 0 aromatic heterocycles. The number of ether oxygens (including phenoxy) is 1. The molecule has 106 valence electrons. The first kappa shape index (κ1) is 14.3. The molecule has 1 N–H and O–H groups in total. The summed E-state index contributed by atoms with van der Waals surface area (Å²) >= 11 is 0. The average molecular weight is 275 g/mol. The zero-order chi connectivity index (χ0) is 13.6. The number of methoxy groups -OCH3 is 1. The minimum Gasteiger partial charge on any atom is -0.381 e. The van der Waals surface area contributed by atoms with E-state index in [1.807, 2.05) is 0 Å². The maximum Gasteiger partial charge on any atom is 0.151 e. The Morgan fingerprint density at radius 3 is 2.44 bits per heavy atom. The Morgan fingerprint density at radius 1 is 1.28 bits per heavy atom. The Morgan fingerprint density at radius 2 is 1.94 bits per heavy atom. The molecule has 18 heavy (non-hydrogen) atoms. The second-order valence-corrected chi connectivity index (χ2v) is 8.67. The van der Waals surface area contributed by atoms with Crippen LogP contribution in [0, 0.1) is 5.41 Å². The van der Waals surface area contributed by atoms with Gasteiger partial charge in [0.15, 0.2) is 9.84 Å². The molecule has 0 amide bonds. The molecule has 0 saturated heterocycles. The highest BCUT2D eigenvalue weighted by Crippen LogP contribution is 2.43. The zero-order valence-corrected chi connectivity index (χ0v) is 12.6. The minimum atomic E-state index is -2.93. The van der Waals surface area contributed by atoms with Gasteiger partial charge in [-0.25, -0.2) is 8.42 Å². The smallest absolute Gasteiger partial charge is 0.151 e. The Balaban J connectivity index is 1.99. The predicted molar refractivity (Wildman–Crippen MR) is 72.4 cm³/mol. The molecule has 0 bridgehead atoms. The molecule has 0 aromatic rings. The van der Waals surface area contributed by atoms with E-state index in [-0.39, 0.29) is 22.8 Å². The van der Waals surface area contributed by atoms with Crippen molar-refractivity contribution >= 4 is 9.84 Å². The third-order valence-electron chi connectivity index (χ3n) is 4.88. The highest BCUT2D eigenvalue weighted by molar-refractivity contribution is 7.91. The lowest BCUT2D eigenvalue weighted by atomic mass is 9.64. The van der Waals surface area contributed by atoms with E-state index in [0.717, 1.165) is 25.7 Å². The fourth-order valence-electron chi connectivity index (χ4n) is 3.46. The van der Waals surface area contributed by atoms with Crippen LogP contribution in [-0.2, 0) is 14.6 Å². The summed E-state index contributed by atoms with van der Waals surface area (Å²) in [7, 11) is -1.18. The van der Waals surface area contributed by atoms with Crippen molar-refractivity contribution in [1.82, 2.24) is 5.32 Å². The van der Waals surface area contributed by atoms with Crippen molar-refractivity contribution in [3.63, 3.8) is 0 Å². The van der Waals surface area contributed by atoms with Gasteiger partial charge >= 0.3 is 0 Å². The van der Waals surface area contributed by atoms with E-state index in [0.29, 0.717) is 6.04 Å². The number of sulfone groups is 1. The van der Waals surface area contributed by atoms with Crippen molar-refractivity contribution in [2.75, 3.05) is 13.4 Å². The van der Waals surface area contributed by atoms with Crippen LogP contribution in [0.2, 0.25) is 0 Å². The van der Waals surface area contributed by atoms with Crippen LogP contribution >= 0.6 is 0 Å². The summed E-state index contributed by atoms with van der Waals surface area (Å²) in [5.41, 5.74) is 0.0966. The first-order valence-corrected chi connectivity index (χ1v) is 8.70. The van der Waals surface area contributed by atoms with Crippen molar-refractivity contribution in [3.8, 4) is 0 Å². The Hall–Kier alpha value is -0.130. The SMILES string of the molecule is COC1CC(NC2CCCC2S(C)(=O)=O)C1(C)C. The van der Waals surface area contributed by atoms with E-state index >= 15 is 0 Å². The number of hydrogen-bond donors (Lipinski definition) is 1. The van der Waals surface area contributed by atoms with E-state index < -0.39 is 9.84 Å². The first-order chi connectivity index (χ1) is 8.26. The van der Waals surface area contributed by atoms with E-state index in [4.69, 9.17) is 4.74 Å². The van der Waals surface area contributed by atoms with Crippen LogP contribution in [0.3, 0.4) is 0 Å². The van der Waals surface area contributed by atoms with E-state index in [1.165, 1.54) is 6.26 Å². The molecule has 2 rings (SSSR count). The Labute approximate surface area is 110 Å². The third-order valence-corrected chi connectivity index (χ3v) is 6.54. The third kappa shape index (κ3) is 2.45. The zero-order valence-electron chi connectivity index (χ0n) is 11.8. The average Bonchev–Trinajstić information content (AvgIpc) is 2.71. The van der Waals surface area contributed by atoms with Crippen molar-refractivity contribution in [2.45, 2.75) is 63.0 Å². The van der Waals surface area contributed by atoms with Crippen LogP contribution in [0.15, 0.2) is 0 Å². The molecule has 0 radical (unpaired) electrons. The summed E-state index contributed by atoms with van der Waals surface area (Å²) in [6.45, 7) is 4.37. The quantitative estimate of drug-likeness (QED) is 0.841. The first-order valence-electron chi connectivity index (χ1n) is 6.74. The molecule has 4 atom stereocenters. The fourth-order valence-corrected chi connectivity index (χ4v) is 4.86. The lowest BCUT2D eigenvalue weighted by Gasteiger charge is -2.52. The summed E-state index contributed by atoms with van der Waals surface area (Å²) in [6.07, 6.45) is 5.42. The Bertz CT molecular complexity index is 404. The number of rotatable bonds is 4. The fraction of sp³-hybridized carbons (Fsp3) is 1.00. The van der Waals surface area contributed by atoms with Gasteiger partial charge in [0.25, 0.3) is 0 Å². The van der Waals surface area contributed by atoms with Gasteiger partial charge in [-0.05, 0) is 19.3 Å². The van der Waals surface area contributed by atoms with Gasteiger partial charge in [-0.15, -0.1) is 0 Å². The summed E-state index contributed by atoms with van der Waals surface area (Å²) in [4.78, 5) is 0. The predicted octanol–water partition coefficient (Wildman–Crippen LogP) is 1.36. The van der Waals surface area contributed by atoms with Gasteiger partial charge in [-0.3, -0.25) is 0 Å². The summed E-state index contributed by atoms with van der Waals surface area (Å²) in [5.74, 6) is 0. The molecule has 0 heterocycles. The maximum atomic E-state index is 11.7. The highest BCUT2D eigenvalue weighted by Gasteiger charge is 2.50. The van der Waals surface area contributed by atoms with E-state index in [1.54, 1.807) is 7.11 Å². The van der Waals surface area contributed by atoms with Crippen LogP contribution in [0.4, 0.5) is 0 Å². The van der Waals surface area contributed by atoms with Gasteiger partial charge in [-0.1, -0.05) is 20.3 Å². The molecule has 0 aliphatic heterocycles. The topological polar surface area (TPSA) is 55.4 Å². The van der Waals surface area contributed by atoms with Gasteiger partial charge in [0, 0.05) is 30.9 Å². The summed E-state index contributed by atoms with van der Waals surface area (Å²) in [6, 6.07) is 0.497. The molecule has 2 aliphatic carbocycles. The van der Waals surface area contributed by atoms with Gasteiger partial charge in [0.05, 0.1) is 11.4 Å².